The largest absolute Gasteiger partial charge is 0.0842 e. The fraction of sp³-hybridized carbons (Fsp3) is 0.0556. The SMILES string of the molecule is CCC=Cc1ccccc1.c1ccc(C(=C(c2ccccc2)c2ccccc2)c2ccccc2)cc1. The summed E-state index contributed by atoms with van der Waals surface area (Å²) in [4.78, 5) is 0. The van der Waals surface area contributed by atoms with Crippen molar-refractivity contribution in [3.05, 3.63) is 186 Å². The first-order valence-corrected chi connectivity index (χ1v) is 12.5. The topological polar surface area (TPSA) is 0 Å². The molecule has 0 aliphatic carbocycles. The van der Waals surface area contributed by atoms with Crippen molar-refractivity contribution in [2.45, 2.75) is 13.3 Å². The van der Waals surface area contributed by atoms with Crippen LogP contribution in [0.2, 0.25) is 0 Å². The van der Waals surface area contributed by atoms with Crippen molar-refractivity contribution >= 4 is 17.2 Å². The van der Waals surface area contributed by atoms with Gasteiger partial charge in [0.05, 0.1) is 0 Å². The number of hydrogen-bond donors (Lipinski definition) is 0. The lowest BCUT2D eigenvalue weighted by molar-refractivity contribution is 1.23. The molecule has 0 nitrogen and oxygen atoms in total. The molecule has 0 saturated heterocycles. The van der Waals surface area contributed by atoms with E-state index in [0.717, 1.165) is 6.42 Å². The van der Waals surface area contributed by atoms with Gasteiger partial charge in [-0.3, -0.25) is 0 Å². The first-order valence-electron chi connectivity index (χ1n) is 12.5. The number of benzene rings is 5. The fourth-order valence-electron chi connectivity index (χ4n) is 4.15. The lowest BCUT2D eigenvalue weighted by Gasteiger charge is -2.18. The van der Waals surface area contributed by atoms with Crippen molar-refractivity contribution < 1.29 is 0 Å². The molecule has 0 aliphatic rings. The highest BCUT2D eigenvalue weighted by Gasteiger charge is 2.15. The molecule has 5 aromatic carbocycles. The Labute approximate surface area is 215 Å². The van der Waals surface area contributed by atoms with Gasteiger partial charge in [-0.15, -0.1) is 0 Å². The summed E-state index contributed by atoms with van der Waals surface area (Å²) in [5.41, 5.74) is 8.68. The van der Waals surface area contributed by atoms with E-state index in [1.807, 2.05) is 6.07 Å². The van der Waals surface area contributed by atoms with Crippen molar-refractivity contribution in [3.8, 4) is 0 Å². The molecule has 5 rings (SSSR count). The molecule has 0 aliphatic heterocycles. The van der Waals surface area contributed by atoms with E-state index in [9.17, 15) is 0 Å². The monoisotopic (exact) mass is 464 g/mol. The van der Waals surface area contributed by atoms with E-state index in [1.165, 1.54) is 39.0 Å². The van der Waals surface area contributed by atoms with Gasteiger partial charge in [-0.25, -0.2) is 0 Å². The Balaban J connectivity index is 0.000000256. The van der Waals surface area contributed by atoms with Gasteiger partial charge in [0, 0.05) is 0 Å². The van der Waals surface area contributed by atoms with Gasteiger partial charge < -0.3 is 0 Å². The third kappa shape index (κ3) is 6.81. The Hall–Kier alpha value is -4.42. The second-order valence-electron chi connectivity index (χ2n) is 8.44. The summed E-state index contributed by atoms with van der Waals surface area (Å²) in [5, 5.41) is 0. The fourth-order valence-corrected chi connectivity index (χ4v) is 4.15. The minimum absolute atomic E-state index is 1.11. The van der Waals surface area contributed by atoms with Gasteiger partial charge >= 0.3 is 0 Å². The maximum Gasteiger partial charge on any atom is -0.00268 e. The third-order valence-corrected chi connectivity index (χ3v) is 5.85. The number of hydrogen-bond acceptors (Lipinski definition) is 0. The molecular weight excluding hydrogens is 432 g/mol. The van der Waals surface area contributed by atoms with E-state index >= 15 is 0 Å². The van der Waals surface area contributed by atoms with E-state index in [-0.39, 0.29) is 0 Å². The van der Waals surface area contributed by atoms with Crippen LogP contribution in [0.4, 0.5) is 0 Å². The molecule has 176 valence electrons. The lowest BCUT2D eigenvalue weighted by atomic mass is 9.86. The standard InChI is InChI=1S/C26H20.C10H12/c1-5-13-21(14-6-1)25(22-15-7-2-8-16-22)26(23-17-9-3-10-18-23)24-19-11-4-12-20-24;1-2-3-7-10-8-5-4-6-9-10/h1-20H;3-9H,2H2,1H3. The van der Waals surface area contributed by atoms with Crippen molar-refractivity contribution in [2.75, 3.05) is 0 Å². The maximum absolute atomic E-state index is 2.19. The average molecular weight is 465 g/mol. The zero-order valence-electron chi connectivity index (χ0n) is 20.8. The van der Waals surface area contributed by atoms with Crippen LogP contribution in [-0.2, 0) is 0 Å². The zero-order valence-corrected chi connectivity index (χ0v) is 20.8. The molecule has 0 fully saturated rings. The first-order chi connectivity index (χ1) is 17.9. The van der Waals surface area contributed by atoms with Crippen LogP contribution in [0, 0.1) is 0 Å². The van der Waals surface area contributed by atoms with Crippen LogP contribution in [0.15, 0.2) is 158 Å². The third-order valence-electron chi connectivity index (χ3n) is 5.85. The van der Waals surface area contributed by atoms with Gasteiger partial charge in [0.15, 0.2) is 0 Å². The van der Waals surface area contributed by atoms with Gasteiger partial charge in [0.2, 0.25) is 0 Å². The van der Waals surface area contributed by atoms with E-state index in [0.29, 0.717) is 0 Å². The molecule has 0 spiro atoms. The Morgan fingerprint density at radius 2 is 0.694 bits per heavy atom. The highest BCUT2D eigenvalue weighted by Crippen LogP contribution is 2.36. The summed E-state index contributed by atoms with van der Waals surface area (Å²) in [6.45, 7) is 2.14. The van der Waals surface area contributed by atoms with Crippen molar-refractivity contribution in [2.24, 2.45) is 0 Å². The summed E-state index contributed by atoms with van der Waals surface area (Å²) < 4.78 is 0. The maximum atomic E-state index is 2.19. The van der Waals surface area contributed by atoms with E-state index in [1.54, 1.807) is 0 Å². The summed E-state index contributed by atoms with van der Waals surface area (Å²) in [7, 11) is 0. The van der Waals surface area contributed by atoms with Gasteiger partial charge in [0.25, 0.3) is 0 Å². The number of allylic oxidation sites excluding steroid dienone is 1. The van der Waals surface area contributed by atoms with Gasteiger partial charge in [-0.1, -0.05) is 171 Å². The minimum Gasteiger partial charge on any atom is -0.0842 e. The quantitative estimate of drug-likeness (QED) is 0.219. The molecule has 0 atom stereocenters. The van der Waals surface area contributed by atoms with Crippen LogP contribution in [-0.4, -0.2) is 0 Å². The summed E-state index contributed by atoms with van der Waals surface area (Å²) in [6, 6.07) is 52.9. The Morgan fingerprint density at radius 1 is 0.417 bits per heavy atom. The molecule has 0 unspecified atom stereocenters. The molecule has 0 N–H and O–H groups in total. The van der Waals surface area contributed by atoms with Gasteiger partial charge in [-0.2, -0.15) is 0 Å². The predicted octanol–water partition coefficient (Wildman–Crippen LogP) is 9.80. The van der Waals surface area contributed by atoms with Crippen molar-refractivity contribution in [1.82, 2.24) is 0 Å². The molecule has 0 aromatic heterocycles. The van der Waals surface area contributed by atoms with Crippen LogP contribution >= 0.6 is 0 Å². The molecular formula is C36H32. The molecule has 0 radical (unpaired) electrons. The van der Waals surface area contributed by atoms with Crippen LogP contribution in [0.3, 0.4) is 0 Å². The molecule has 0 amide bonds. The smallest absolute Gasteiger partial charge is 0.00268 e. The van der Waals surface area contributed by atoms with Gasteiger partial charge in [0.1, 0.15) is 0 Å². The molecule has 36 heavy (non-hydrogen) atoms. The lowest BCUT2D eigenvalue weighted by Crippen LogP contribution is -1.97. The molecule has 0 heterocycles. The summed E-state index contributed by atoms with van der Waals surface area (Å²) >= 11 is 0. The Morgan fingerprint density at radius 3 is 0.972 bits per heavy atom. The minimum atomic E-state index is 1.11. The van der Waals surface area contributed by atoms with Crippen LogP contribution in [0.25, 0.3) is 17.2 Å². The molecule has 0 bridgehead atoms. The van der Waals surface area contributed by atoms with Crippen molar-refractivity contribution in [3.63, 3.8) is 0 Å². The van der Waals surface area contributed by atoms with Gasteiger partial charge in [-0.05, 0) is 45.4 Å². The van der Waals surface area contributed by atoms with Crippen molar-refractivity contribution in [1.29, 1.82) is 0 Å². The second kappa shape index (κ2) is 13.5. The summed E-state index contributed by atoms with van der Waals surface area (Å²) in [5.74, 6) is 0. The molecule has 0 heteroatoms. The summed E-state index contributed by atoms with van der Waals surface area (Å²) in [6.07, 6.45) is 5.41. The first kappa shape index (κ1) is 24.7. The van der Waals surface area contributed by atoms with Crippen LogP contribution in [0.5, 0.6) is 0 Å². The van der Waals surface area contributed by atoms with E-state index in [4.69, 9.17) is 0 Å². The highest BCUT2D eigenvalue weighted by atomic mass is 14.2. The predicted molar refractivity (Wildman–Crippen MR) is 157 cm³/mol. The molecule has 5 aromatic rings. The molecule has 0 saturated carbocycles. The normalized spacial score (nSPS) is 10.4. The Kier molecular flexibility index (Phi) is 9.24. The number of rotatable bonds is 6. The van der Waals surface area contributed by atoms with E-state index < -0.39 is 0 Å². The Bertz CT molecular complexity index is 1180. The van der Waals surface area contributed by atoms with Crippen LogP contribution in [0.1, 0.15) is 41.2 Å². The zero-order chi connectivity index (χ0) is 24.8. The highest BCUT2D eigenvalue weighted by molar-refractivity contribution is 6.04. The average Bonchev–Trinajstić information content (AvgIpc) is 2.97. The van der Waals surface area contributed by atoms with Crippen LogP contribution < -0.4 is 0 Å². The van der Waals surface area contributed by atoms with E-state index in [2.05, 4.69) is 165 Å². The second-order valence-corrected chi connectivity index (χ2v) is 8.44.